The van der Waals surface area contributed by atoms with Gasteiger partial charge in [0.2, 0.25) is 5.91 Å². The summed E-state index contributed by atoms with van der Waals surface area (Å²) in [5.74, 6) is -0.429. The Kier molecular flexibility index (Phi) is 5.25. The number of carbonyl (C=O) groups excluding carboxylic acids is 2. The minimum Gasteiger partial charge on any atom is -0.459 e. The maximum absolute atomic E-state index is 12.3. The summed E-state index contributed by atoms with van der Waals surface area (Å²) in [6, 6.07) is 9.71. The van der Waals surface area contributed by atoms with Crippen LogP contribution < -0.4 is 5.32 Å². The van der Waals surface area contributed by atoms with Crippen molar-refractivity contribution >= 4 is 28.3 Å². The third-order valence-electron chi connectivity index (χ3n) is 4.85. The molecule has 2 heterocycles. The number of hydrogen-bond donors (Lipinski definition) is 1. The SMILES string of the molecule is CN(CC(=O)Nc1nc(-c2ccc3c(c2)CCCC3)cs1)C(=O)c1ccco1. The molecule has 144 valence electrons. The first-order valence-corrected chi connectivity index (χ1v) is 10.1. The van der Waals surface area contributed by atoms with E-state index in [1.54, 1.807) is 19.2 Å². The fraction of sp³-hybridized carbons (Fsp3) is 0.286. The van der Waals surface area contributed by atoms with E-state index in [9.17, 15) is 9.59 Å². The molecule has 1 aliphatic carbocycles. The van der Waals surface area contributed by atoms with E-state index in [0.717, 1.165) is 24.1 Å². The van der Waals surface area contributed by atoms with Crippen molar-refractivity contribution in [3.05, 3.63) is 58.9 Å². The second kappa shape index (κ2) is 7.98. The molecule has 1 N–H and O–H groups in total. The van der Waals surface area contributed by atoms with Gasteiger partial charge in [-0.2, -0.15) is 0 Å². The van der Waals surface area contributed by atoms with Gasteiger partial charge in [-0.05, 0) is 55.0 Å². The van der Waals surface area contributed by atoms with Crippen molar-refractivity contribution in [2.45, 2.75) is 25.7 Å². The lowest BCUT2D eigenvalue weighted by molar-refractivity contribution is -0.116. The normalized spacial score (nSPS) is 13.0. The number of aromatic nitrogens is 1. The Morgan fingerprint density at radius 1 is 1.21 bits per heavy atom. The number of carbonyl (C=O) groups is 2. The van der Waals surface area contributed by atoms with E-state index >= 15 is 0 Å². The van der Waals surface area contributed by atoms with Crippen LogP contribution in [0.15, 0.2) is 46.4 Å². The van der Waals surface area contributed by atoms with Crippen LogP contribution in [0.4, 0.5) is 5.13 Å². The standard InChI is InChI=1S/C21H21N3O3S/c1-24(20(26)18-7-4-10-27-18)12-19(25)23-21-22-17(13-28-21)16-9-8-14-5-2-3-6-15(14)11-16/h4,7-11,13H,2-3,5-6,12H2,1H3,(H,22,23,25). The average Bonchev–Trinajstić information content (AvgIpc) is 3.39. The predicted octanol–water partition coefficient (Wildman–Crippen LogP) is 3.99. The minimum absolute atomic E-state index is 0.0761. The van der Waals surface area contributed by atoms with Crippen LogP contribution in [0.3, 0.4) is 0 Å². The van der Waals surface area contributed by atoms with Crippen LogP contribution in [0.5, 0.6) is 0 Å². The number of rotatable bonds is 5. The average molecular weight is 395 g/mol. The number of fused-ring (bicyclic) bond motifs is 1. The number of hydrogen-bond acceptors (Lipinski definition) is 5. The van der Waals surface area contributed by atoms with Gasteiger partial charge in [0.1, 0.15) is 6.54 Å². The summed E-state index contributed by atoms with van der Waals surface area (Å²) >= 11 is 1.38. The van der Waals surface area contributed by atoms with E-state index in [-0.39, 0.29) is 24.1 Å². The summed E-state index contributed by atoms with van der Waals surface area (Å²) in [7, 11) is 1.56. The number of likely N-dealkylation sites (N-methyl/N-ethyl adjacent to an activating group) is 1. The van der Waals surface area contributed by atoms with Crippen LogP contribution in [-0.2, 0) is 17.6 Å². The third kappa shape index (κ3) is 3.99. The van der Waals surface area contributed by atoms with Crippen LogP contribution in [0, 0.1) is 0 Å². The van der Waals surface area contributed by atoms with E-state index in [1.165, 1.54) is 46.5 Å². The summed E-state index contributed by atoms with van der Waals surface area (Å²) in [5, 5.41) is 5.24. The van der Waals surface area contributed by atoms with Gasteiger partial charge in [0.25, 0.3) is 5.91 Å². The second-order valence-electron chi connectivity index (χ2n) is 6.92. The molecule has 2 amide bonds. The van der Waals surface area contributed by atoms with Gasteiger partial charge in [-0.25, -0.2) is 4.98 Å². The van der Waals surface area contributed by atoms with Crippen molar-refractivity contribution < 1.29 is 14.0 Å². The lowest BCUT2D eigenvalue weighted by Gasteiger charge is -2.16. The summed E-state index contributed by atoms with van der Waals surface area (Å²) in [4.78, 5) is 30.3. The van der Waals surface area contributed by atoms with Gasteiger partial charge in [-0.3, -0.25) is 9.59 Å². The molecule has 0 aliphatic heterocycles. The molecule has 0 saturated heterocycles. The van der Waals surface area contributed by atoms with E-state index < -0.39 is 0 Å². The molecule has 0 saturated carbocycles. The first-order valence-electron chi connectivity index (χ1n) is 9.26. The summed E-state index contributed by atoms with van der Waals surface area (Å²) in [5.41, 5.74) is 4.76. The fourth-order valence-electron chi connectivity index (χ4n) is 3.39. The molecule has 0 spiro atoms. The Morgan fingerprint density at radius 2 is 2.04 bits per heavy atom. The zero-order valence-corrected chi connectivity index (χ0v) is 16.4. The lowest BCUT2D eigenvalue weighted by atomic mass is 9.90. The van der Waals surface area contributed by atoms with Crippen molar-refractivity contribution in [3.8, 4) is 11.3 Å². The molecule has 1 aromatic carbocycles. The molecule has 3 aromatic rings. The monoisotopic (exact) mass is 395 g/mol. The third-order valence-corrected chi connectivity index (χ3v) is 5.61. The highest BCUT2D eigenvalue weighted by molar-refractivity contribution is 7.14. The molecule has 0 fully saturated rings. The maximum atomic E-state index is 12.3. The Balaban J connectivity index is 1.39. The van der Waals surface area contributed by atoms with E-state index in [1.807, 2.05) is 5.38 Å². The van der Waals surface area contributed by atoms with Gasteiger partial charge < -0.3 is 14.6 Å². The molecular formula is C21H21N3O3S. The number of amides is 2. The molecule has 0 bridgehead atoms. The number of nitrogens with one attached hydrogen (secondary N) is 1. The van der Waals surface area contributed by atoms with Gasteiger partial charge in [-0.1, -0.05) is 12.1 Å². The smallest absolute Gasteiger partial charge is 0.289 e. The Labute approximate surface area is 167 Å². The molecule has 1 aliphatic rings. The fourth-order valence-corrected chi connectivity index (χ4v) is 4.13. The zero-order chi connectivity index (χ0) is 19.5. The molecule has 4 rings (SSSR count). The summed E-state index contributed by atoms with van der Waals surface area (Å²) in [6.07, 6.45) is 6.19. The molecule has 0 unspecified atom stereocenters. The number of furan rings is 1. The highest BCUT2D eigenvalue weighted by Gasteiger charge is 2.18. The summed E-state index contributed by atoms with van der Waals surface area (Å²) in [6.45, 7) is -0.0761. The largest absolute Gasteiger partial charge is 0.459 e. The van der Waals surface area contributed by atoms with Crippen LogP contribution in [0.2, 0.25) is 0 Å². The highest BCUT2D eigenvalue weighted by Crippen LogP contribution is 2.29. The molecule has 28 heavy (non-hydrogen) atoms. The van der Waals surface area contributed by atoms with E-state index in [0.29, 0.717) is 5.13 Å². The topological polar surface area (TPSA) is 75.4 Å². The molecule has 0 atom stereocenters. The van der Waals surface area contributed by atoms with Gasteiger partial charge in [0, 0.05) is 18.0 Å². The number of nitrogens with zero attached hydrogens (tertiary/aromatic N) is 2. The van der Waals surface area contributed by atoms with Crippen LogP contribution in [0.1, 0.15) is 34.5 Å². The van der Waals surface area contributed by atoms with E-state index in [4.69, 9.17) is 4.42 Å². The molecule has 6 nitrogen and oxygen atoms in total. The molecule has 2 aromatic heterocycles. The van der Waals surface area contributed by atoms with Gasteiger partial charge in [0.05, 0.1) is 12.0 Å². The minimum atomic E-state index is -0.339. The molecular weight excluding hydrogens is 374 g/mol. The summed E-state index contributed by atoms with van der Waals surface area (Å²) < 4.78 is 5.07. The molecule has 0 radical (unpaired) electrons. The maximum Gasteiger partial charge on any atom is 0.289 e. The Morgan fingerprint density at radius 3 is 2.82 bits per heavy atom. The second-order valence-corrected chi connectivity index (χ2v) is 7.77. The zero-order valence-electron chi connectivity index (χ0n) is 15.6. The quantitative estimate of drug-likeness (QED) is 0.709. The number of anilines is 1. The van der Waals surface area contributed by atoms with Gasteiger partial charge in [0.15, 0.2) is 10.9 Å². The lowest BCUT2D eigenvalue weighted by Crippen LogP contribution is -2.34. The highest BCUT2D eigenvalue weighted by atomic mass is 32.1. The van der Waals surface area contributed by atoms with Crippen molar-refractivity contribution in [1.29, 1.82) is 0 Å². The van der Waals surface area contributed by atoms with Crippen LogP contribution in [-0.4, -0.2) is 35.3 Å². The van der Waals surface area contributed by atoms with Crippen LogP contribution >= 0.6 is 11.3 Å². The predicted molar refractivity (Wildman–Crippen MR) is 108 cm³/mol. The van der Waals surface area contributed by atoms with Gasteiger partial charge in [-0.15, -0.1) is 11.3 Å². The van der Waals surface area contributed by atoms with Crippen molar-refractivity contribution in [1.82, 2.24) is 9.88 Å². The van der Waals surface area contributed by atoms with Crippen molar-refractivity contribution in [3.63, 3.8) is 0 Å². The van der Waals surface area contributed by atoms with Crippen molar-refractivity contribution in [2.24, 2.45) is 0 Å². The first-order chi connectivity index (χ1) is 13.6. The van der Waals surface area contributed by atoms with Crippen molar-refractivity contribution in [2.75, 3.05) is 18.9 Å². The Hall–Kier alpha value is -2.93. The first kappa shape index (κ1) is 18.4. The number of aryl methyl sites for hydroxylation is 2. The Bertz CT molecular complexity index is 994. The molecule has 7 heteroatoms. The van der Waals surface area contributed by atoms with Crippen LogP contribution in [0.25, 0.3) is 11.3 Å². The number of thiazole rings is 1. The van der Waals surface area contributed by atoms with E-state index in [2.05, 4.69) is 28.5 Å². The number of benzene rings is 1. The van der Waals surface area contributed by atoms with Gasteiger partial charge >= 0.3 is 0 Å².